The van der Waals surface area contributed by atoms with Gasteiger partial charge in [-0.25, -0.2) is 0 Å². The van der Waals surface area contributed by atoms with Gasteiger partial charge in [0.15, 0.2) is 0 Å². The minimum atomic E-state index is -0.166. The number of hydrogen-bond acceptors (Lipinski definition) is 3. The lowest BCUT2D eigenvalue weighted by Gasteiger charge is -2.43. The molecule has 0 aliphatic carbocycles. The van der Waals surface area contributed by atoms with Crippen molar-refractivity contribution in [3.8, 4) is 0 Å². The van der Waals surface area contributed by atoms with Crippen molar-refractivity contribution in [3.63, 3.8) is 0 Å². The minimum absolute atomic E-state index is 0.166. The van der Waals surface area contributed by atoms with Crippen molar-refractivity contribution >= 4 is 0 Å². The van der Waals surface area contributed by atoms with Crippen LogP contribution in [0, 0.1) is 5.92 Å². The molecule has 1 fully saturated rings. The maximum absolute atomic E-state index is 10.0. The van der Waals surface area contributed by atoms with Crippen molar-refractivity contribution in [2.75, 3.05) is 32.7 Å². The molecule has 1 N–H and O–H groups in total. The van der Waals surface area contributed by atoms with Crippen LogP contribution in [0.4, 0.5) is 0 Å². The van der Waals surface area contributed by atoms with Crippen LogP contribution >= 0.6 is 0 Å². The lowest BCUT2D eigenvalue weighted by molar-refractivity contribution is 0.0212. The lowest BCUT2D eigenvalue weighted by Crippen LogP contribution is -2.54. The molecule has 1 rings (SSSR count). The molecule has 2 unspecified atom stereocenters. The molecular formula is C14H30N2O. The molecule has 0 radical (unpaired) electrons. The first-order valence-electron chi connectivity index (χ1n) is 7.00. The van der Waals surface area contributed by atoms with E-state index in [0.29, 0.717) is 5.92 Å². The van der Waals surface area contributed by atoms with Gasteiger partial charge in [-0.15, -0.1) is 0 Å². The second-order valence-electron chi connectivity index (χ2n) is 6.41. The van der Waals surface area contributed by atoms with Crippen LogP contribution in [-0.2, 0) is 0 Å². The Kier molecular flexibility index (Phi) is 5.42. The zero-order chi connectivity index (χ0) is 13.1. The Hall–Kier alpha value is -0.120. The van der Waals surface area contributed by atoms with Crippen LogP contribution in [0.25, 0.3) is 0 Å². The number of piperazine rings is 1. The molecule has 0 aromatic carbocycles. The SMILES string of the molecule is CCC(C)C(O)CN1CCN(C(C)(C)C)CC1. The number of nitrogens with zero attached hydrogens (tertiary/aromatic N) is 2. The highest BCUT2D eigenvalue weighted by Gasteiger charge is 2.27. The minimum Gasteiger partial charge on any atom is -0.392 e. The quantitative estimate of drug-likeness (QED) is 0.814. The van der Waals surface area contributed by atoms with Crippen LogP contribution in [0.2, 0.25) is 0 Å². The van der Waals surface area contributed by atoms with Crippen LogP contribution in [-0.4, -0.2) is 59.3 Å². The first kappa shape index (κ1) is 14.9. The zero-order valence-electron chi connectivity index (χ0n) is 12.2. The van der Waals surface area contributed by atoms with E-state index in [9.17, 15) is 5.11 Å². The van der Waals surface area contributed by atoms with Gasteiger partial charge in [0.2, 0.25) is 0 Å². The average Bonchev–Trinajstić information content (AvgIpc) is 2.27. The molecule has 3 heteroatoms. The normalized spacial score (nSPS) is 23.6. The van der Waals surface area contributed by atoms with Crippen LogP contribution in [0.5, 0.6) is 0 Å². The number of rotatable bonds is 4. The molecule has 0 aromatic heterocycles. The molecule has 0 amide bonds. The Morgan fingerprint density at radius 3 is 2.06 bits per heavy atom. The molecule has 1 aliphatic heterocycles. The van der Waals surface area contributed by atoms with Crippen molar-refractivity contribution in [3.05, 3.63) is 0 Å². The van der Waals surface area contributed by atoms with E-state index in [1.807, 2.05) is 0 Å². The lowest BCUT2D eigenvalue weighted by atomic mass is 10.0. The molecule has 102 valence electrons. The third kappa shape index (κ3) is 4.57. The van der Waals surface area contributed by atoms with Gasteiger partial charge in [-0.3, -0.25) is 9.80 Å². The molecule has 0 saturated carbocycles. The van der Waals surface area contributed by atoms with Crippen LogP contribution < -0.4 is 0 Å². The van der Waals surface area contributed by atoms with E-state index in [-0.39, 0.29) is 11.6 Å². The molecule has 3 nitrogen and oxygen atoms in total. The molecule has 1 aliphatic rings. The standard InChI is InChI=1S/C14H30N2O/c1-6-12(2)13(17)11-15-7-9-16(10-8-15)14(3,4)5/h12-13,17H,6-11H2,1-5H3. The second kappa shape index (κ2) is 6.17. The van der Waals surface area contributed by atoms with Gasteiger partial charge in [0.25, 0.3) is 0 Å². The van der Waals surface area contributed by atoms with Gasteiger partial charge in [0.05, 0.1) is 6.10 Å². The van der Waals surface area contributed by atoms with Crippen molar-refractivity contribution in [2.24, 2.45) is 5.92 Å². The largest absolute Gasteiger partial charge is 0.392 e. The predicted molar refractivity (Wildman–Crippen MR) is 73.2 cm³/mol. The summed E-state index contributed by atoms with van der Waals surface area (Å²) in [6.07, 6.45) is 0.893. The predicted octanol–water partition coefficient (Wildman–Crippen LogP) is 1.81. The van der Waals surface area contributed by atoms with Gasteiger partial charge in [-0.2, -0.15) is 0 Å². The number of β-amino-alcohol motifs (C(OH)–C–C–N with tert-alkyl or cyclic N) is 1. The highest BCUT2D eigenvalue weighted by Crippen LogP contribution is 2.17. The van der Waals surface area contributed by atoms with Gasteiger partial charge in [-0.05, 0) is 26.7 Å². The molecule has 17 heavy (non-hydrogen) atoms. The number of aliphatic hydroxyl groups excluding tert-OH is 1. The molecule has 0 aromatic rings. The summed E-state index contributed by atoms with van der Waals surface area (Å²) in [5.74, 6) is 0.413. The van der Waals surface area contributed by atoms with Crippen molar-refractivity contribution in [2.45, 2.75) is 52.7 Å². The molecule has 0 spiro atoms. The monoisotopic (exact) mass is 242 g/mol. The van der Waals surface area contributed by atoms with E-state index in [2.05, 4.69) is 44.4 Å². The van der Waals surface area contributed by atoms with Crippen molar-refractivity contribution in [1.29, 1.82) is 0 Å². The zero-order valence-corrected chi connectivity index (χ0v) is 12.2. The Bertz CT molecular complexity index is 217. The van der Waals surface area contributed by atoms with E-state index in [4.69, 9.17) is 0 Å². The Morgan fingerprint density at radius 1 is 1.12 bits per heavy atom. The van der Waals surface area contributed by atoms with Crippen LogP contribution in [0.1, 0.15) is 41.0 Å². The average molecular weight is 242 g/mol. The van der Waals surface area contributed by atoms with Gasteiger partial charge >= 0.3 is 0 Å². The second-order valence-corrected chi connectivity index (χ2v) is 6.41. The van der Waals surface area contributed by atoms with Crippen LogP contribution in [0.15, 0.2) is 0 Å². The van der Waals surface area contributed by atoms with Crippen molar-refractivity contribution < 1.29 is 5.11 Å². The van der Waals surface area contributed by atoms with Gasteiger partial charge in [-0.1, -0.05) is 20.3 Å². The summed E-state index contributed by atoms with van der Waals surface area (Å²) < 4.78 is 0. The summed E-state index contributed by atoms with van der Waals surface area (Å²) in [6, 6.07) is 0. The number of aliphatic hydroxyl groups is 1. The Balaban J connectivity index is 2.33. The van der Waals surface area contributed by atoms with Gasteiger partial charge in [0.1, 0.15) is 0 Å². The third-order valence-corrected chi connectivity index (χ3v) is 4.07. The fraction of sp³-hybridized carbons (Fsp3) is 1.00. The number of hydrogen-bond donors (Lipinski definition) is 1. The summed E-state index contributed by atoms with van der Waals surface area (Å²) in [7, 11) is 0. The van der Waals surface area contributed by atoms with E-state index in [0.717, 1.165) is 39.1 Å². The van der Waals surface area contributed by atoms with E-state index >= 15 is 0 Å². The summed E-state index contributed by atoms with van der Waals surface area (Å²) in [5.41, 5.74) is 0.279. The maximum Gasteiger partial charge on any atom is 0.0692 e. The maximum atomic E-state index is 10.0. The highest BCUT2D eigenvalue weighted by molar-refractivity contribution is 4.83. The van der Waals surface area contributed by atoms with Crippen molar-refractivity contribution in [1.82, 2.24) is 9.80 Å². The first-order chi connectivity index (χ1) is 7.84. The summed E-state index contributed by atoms with van der Waals surface area (Å²) >= 11 is 0. The Labute approximate surface area is 107 Å². The fourth-order valence-corrected chi connectivity index (χ4v) is 2.32. The summed E-state index contributed by atoms with van der Waals surface area (Å²) in [5, 5.41) is 10.0. The smallest absolute Gasteiger partial charge is 0.0692 e. The van der Waals surface area contributed by atoms with E-state index in [1.165, 1.54) is 0 Å². The first-order valence-corrected chi connectivity index (χ1v) is 7.00. The highest BCUT2D eigenvalue weighted by atomic mass is 16.3. The van der Waals surface area contributed by atoms with E-state index in [1.54, 1.807) is 0 Å². The Morgan fingerprint density at radius 2 is 1.65 bits per heavy atom. The van der Waals surface area contributed by atoms with Gasteiger partial charge < -0.3 is 5.11 Å². The topological polar surface area (TPSA) is 26.7 Å². The molecule has 2 atom stereocenters. The van der Waals surface area contributed by atoms with E-state index < -0.39 is 0 Å². The van der Waals surface area contributed by atoms with Gasteiger partial charge in [0, 0.05) is 38.3 Å². The summed E-state index contributed by atoms with van der Waals surface area (Å²) in [6.45, 7) is 16.4. The van der Waals surface area contributed by atoms with Crippen LogP contribution in [0.3, 0.4) is 0 Å². The fourth-order valence-electron chi connectivity index (χ4n) is 2.32. The molecular weight excluding hydrogens is 212 g/mol. The third-order valence-electron chi connectivity index (χ3n) is 4.07. The summed E-state index contributed by atoms with van der Waals surface area (Å²) in [4.78, 5) is 4.93. The molecule has 0 bridgehead atoms. The molecule has 1 saturated heterocycles. The molecule has 1 heterocycles.